The lowest BCUT2D eigenvalue weighted by molar-refractivity contribution is 0.0834. The second-order valence-electron chi connectivity index (χ2n) is 4.50. The molecule has 2 rings (SSSR count). The van der Waals surface area contributed by atoms with Gasteiger partial charge in [0.25, 0.3) is 0 Å². The van der Waals surface area contributed by atoms with Gasteiger partial charge in [-0.1, -0.05) is 28.4 Å². The van der Waals surface area contributed by atoms with Gasteiger partial charge in [-0.25, -0.2) is 4.39 Å². The molecule has 0 N–H and O–H groups in total. The summed E-state index contributed by atoms with van der Waals surface area (Å²) in [5, 5.41) is 9.76. The molecular formula is C13H13BrFNO. The molecule has 0 aromatic heterocycles. The second kappa shape index (κ2) is 5.05. The number of ether oxygens (including phenoxy) is 1. The second-order valence-corrected chi connectivity index (χ2v) is 5.06. The SMILES string of the molecule is N#Cc1c(F)cccc1OCC1(CBr)CCC1. The number of nitrogens with zero attached hydrogens (tertiary/aromatic N) is 1. The van der Waals surface area contributed by atoms with Gasteiger partial charge in [-0.3, -0.25) is 0 Å². The average molecular weight is 298 g/mol. The molecule has 0 saturated heterocycles. The fourth-order valence-corrected chi connectivity index (χ4v) is 2.68. The fourth-order valence-electron chi connectivity index (χ4n) is 1.96. The summed E-state index contributed by atoms with van der Waals surface area (Å²) < 4.78 is 19.0. The first kappa shape index (κ1) is 12.4. The van der Waals surface area contributed by atoms with Gasteiger partial charge in [-0.05, 0) is 25.0 Å². The molecule has 1 aliphatic carbocycles. The highest BCUT2D eigenvalue weighted by atomic mass is 79.9. The summed E-state index contributed by atoms with van der Waals surface area (Å²) in [6, 6.07) is 6.32. The van der Waals surface area contributed by atoms with Crippen molar-refractivity contribution < 1.29 is 9.13 Å². The predicted octanol–water partition coefficient (Wildman–Crippen LogP) is 3.64. The van der Waals surface area contributed by atoms with Crippen molar-refractivity contribution in [1.82, 2.24) is 0 Å². The molecule has 2 nitrogen and oxygen atoms in total. The smallest absolute Gasteiger partial charge is 0.144 e. The third-order valence-corrected chi connectivity index (χ3v) is 4.51. The molecule has 0 atom stereocenters. The zero-order valence-electron chi connectivity index (χ0n) is 9.38. The highest BCUT2D eigenvalue weighted by Crippen LogP contribution is 2.42. The molecule has 4 heteroatoms. The Morgan fingerprint density at radius 2 is 2.24 bits per heavy atom. The molecule has 1 aromatic rings. The van der Waals surface area contributed by atoms with Crippen LogP contribution in [0.5, 0.6) is 5.75 Å². The third-order valence-electron chi connectivity index (χ3n) is 3.32. The van der Waals surface area contributed by atoms with E-state index in [1.165, 1.54) is 12.5 Å². The van der Waals surface area contributed by atoms with Crippen molar-refractivity contribution in [2.24, 2.45) is 5.41 Å². The summed E-state index contributed by atoms with van der Waals surface area (Å²) in [5.74, 6) is -0.175. The van der Waals surface area contributed by atoms with Crippen LogP contribution in [0.25, 0.3) is 0 Å². The number of halogens is 2. The Hall–Kier alpha value is -1.08. The highest BCUT2D eigenvalue weighted by molar-refractivity contribution is 9.09. The Balaban J connectivity index is 2.09. The first-order chi connectivity index (χ1) is 8.21. The van der Waals surface area contributed by atoms with Crippen LogP contribution in [0, 0.1) is 22.6 Å². The van der Waals surface area contributed by atoms with Crippen molar-refractivity contribution in [1.29, 1.82) is 5.26 Å². The maximum Gasteiger partial charge on any atom is 0.144 e. The molecule has 90 valence electrons. The van der Waals surface area contributed by atoms with Gasteiger partial charge in [-0.15, -0.1) is 0 Å². The van der Waals surface area contributed by atoms with Gasteiger partial charge in [0, 0.05) is 10.7 Å². The number of hydrogen-bond donors (Lipinski definition) is 0. The number of nitriles is 1. The van der Waals surface area contributed by atoms with E-state index >= 15 is 0 Å². The molecule has 1 aliphatic rings. The highest BCUT2D eigenvalue weighted by Gasteiger charge is 2.36. The van der Waals surface area contributed by atoms with E-state index in [1.54, 1.807) is 12.1 Å². The van der Waals surface area contributed by atoms with Crippen LogP contribution in [0.4, 0.5) is 4.39 Å². The first-order valence-electron chi connectivity index (χ1n) is 5.58. The third kappa shape index (κ3) is 2.44. The molecule has 0 aliphatic heterocycles. The molecule has 0 unspecified atom stereocenters. The van der Waals surface area contributed by atoms with Crippen LogP contribution in [-0.4, -0.2) is 11.9 Å². The zero-order chi connectivity index (χ0) is 12.3. The molecule has 1 fully saturated rings. The Kier molecular flexibility index (Phi) is 3.68. The first-order valence-corrected chi connectivity index (χ1v) is 6.70. The Labute approximate surface area is 109 Å². The number of alkyl halides is 1. The lowest BCUT2D eigenvalue weighted by Crippen LogP contribution is -2.37. The van der Waals surface area contributed by atoms with Crippen molar-refractivity contribution in [3.8, 4) is 11.8 Å². The molecule has 0 bridgehead atoms. The summed E-state index contributed by atoms with van der Waals surface area (Å²) in [6.07, 6.45) is 3.45. The van der Waals surface area contributed by atoms with E-state index in [2.05, 4.69) is 15.9 Å². The molecule has 0 heterocycles. The lowest BCUT2D eigenvalue weighted by atomic mass is 9.71. The number of benzene rings is 1. The maximum atomic E-state index is 13.3. The van der Waals surface area contributed by atoms with Gasteiger partial charge in [0.15, 0.2) is 0 Å². The van der Waals surface area contributed by atoms with Crippen LogP contribution < -0.4 is 4.74 Å². The van der Waals surface area contributed by atoms with E-state index in [0.717, 1.165) is 18.2 Å². The minimum atomic E-state index is -0.522. The summed E-state index contributed by atoms with van der Waals surface area (Å²) >= 11 is 3.49. The van der Waals surface area contributed by atoms with Crippen LogP contribution in [0.1, 0.15) is 24.8 Å². The molecule has 0 spiro atoms. The number of rotatable bonds is 4. The van der Waals surface area contributed by atoms with Gasteiger partial charge in [0.2, 0.25) is 0 Å². The van der Waals surface area contributed by atoms with E-state index < -0.39 is 5.82 Å². The minimum absolute atomic E-state index is 0.00320. The van der Waals surface area contributed by atoms with E-state index in [-0.39, 0.29) is 11.0 Å². The normalized spacial score (nSPS) is 17.0. The van der Waals surface area contributed by atoms with E-state index in [9.17, 15) is 4.39 Å². The molecule has 1 aromatic carbocycles. The average Bonchev–Trinajstić information content (AvgIpc) is 2.28. The van der Waals surface area contributed by atoms with Gasteiger partial charge >= 0.3 is 0 Å². The van der Waals surface area contributed by atoms with E-state index in [4.69, 9.17) is 10.00 Å². The zero-order valence-corrected chi connectivity index (χ0v) is 11.0. The standard InChI is InChI=1S/C13H13BrFNO/c14-8-13(5-2-6-13)9-17-12-4-1-3-11(15)10(12)7-16/h1,3-4H,2,5-6,8-9H2. The predicted molar refractivity (Wildman–Crippen MR) is 66.7 cm³/mol. The van der Waals surface area contributed by atoms with Gasteiger partial charge in [0.05, 0.1) is 6.61 Å². The van der Waals surface area contributed by atoms with Crippen molar-refractivity contribution in [2.45, 2.75) is 19.3 Å². The van der Waals surface area contributed by atoms with E-state index in [1.807, 2.05) is 6.07 Å². The Morgan fingerprint density at radius 3 is 2.76 bits per heavy atom. The summed E-state index contributed by atoms with van der Waals surface area (Å²) in [4.78, 5) is 0. The largest absolute Gasteiger partial charge is 0.491 e. The van der Waals surface area contributed by atoms with Crippen LogP contribution in [0.3, 0.4) is 0 Å². The maximum absolute atomic E-state index is 13.3. The fraction of sp³-hybridized carbons (Fsp3) is 0.462. The summed E-state index contributed by atoms with van der Waals surface area (Å²) in [5.41, 5.74) is 0.163. The molecular weight excluding hydrogens is 285 g/mol. The van der Waals surface area contributed by atoms with Crippen molar-refractivity contribution in [3.63, 3.8) is 0 Å². The number of hydrogen-bond acceptors (Lipinski definition) is 2. The van der Waals surface area contributed by atoms with Gasteiger partial charge < -0.3 is 4.74 Å². The Bertz CT molecular complexity index is 446. The molecule has 0 amide bonds. The monoisotopic (exact) mass is 297 g/mol. The Morgan fingerprint density at radius 1 is 1.47 bits per heavy atom. The molecule has 0 radical (unpaired) electrons. The summed E-state index contributed by atoms with van der Waals surface area (Å²) in [6.45, 7) is 0.538. The van der Waals surface area contributed by atoms with E-state index in [0.29, 0.717) is 12.4 Å². The van der Waals surface area contributed by atoms with Crippen molar-refractivity contribution in [3.05, 3.63) is 29.6 Å². The van der Waals surface area contributed by atoms with Crippen molar-refractivity contribution in [2.75, 3.05) is 11.9 Å². The van der Waals surface area contributed by atoms with Crippen molar-refractivity contribution >= 4 is 15.9 Å². The van der Waals surface area contributed by atoms with Crippen LogP contribution in [-0.2, 0) is 0 Å². The molecule has 17 heavy (non-hydrogen) atoms. The van der Waals surface area contributed by atoms with Gasteiger partial charge in [0.1, 0.15) is 23.2 Å². The molecule has 1 saturated carbocycles. The van der Waals surface area contributed by atoms with Crippen LogP contribution in [0.15, 0.2) is 18.2 Å². The topological polar surface area (TPSA) is 33.0 Å². The lowest BCUT2D eigenvalue weighted by Gasteiger charge is -2.40. The minimum Gasteiger partial charge on any atom is -0.491 e. The van der Waals surface area contributed by atoms with Crippen LogP contribution >= 0.6 is 15.9 Å². The quantitative estimate of drug-likeness (QED) is 0.795. The van der Waals surface area contributed by atoms with Crippen LogP contribution in [0.2, 0.25) is 0 Å². The summed E-state index contributed by atoms with van der Waals surface area (Å²) in [7, 11) is 0. The van der Waals surface area contributed by atoms with Gasteiger partial charge in [-0.2, -0.15) is 5.26 Å².